The summed E-state index contributed by atoms with van der Waals surface area (Å²) in [4.78, 5) is 5.85. The largest absolute Gasteiger partial charge is 0.508 e. The summed E-state index contributed by atoms with van der Waals surface area (Å²) in [5.41, 5.74) is 2.19. The van der Waals surface area contributed by atoms with Crippen LogP contribution in [0.2, 0.25) is 0 Å². The van der Waals surface area contributed by atoms with Gasteiger partial charge in [-0.1, -0.05) is 6.92 Å². The number of nitrogens with zero attached hydrogens (tertiary/aromatic N) is 1. The number of hydrogen-bond acceptors (Lipinski definition) is 3. The molecule has 0 bridgehead atoms. The first-order chi connectivity index (χ1) is 7.20. The van der Waals surface area contributed by atoms with E-state index in [-0.39, 0.29) is 0 Å². The van der Waals surface area contributed by atoms with Gasteiger partial charge in [0.05, 0.1) is 5.69 Å². The first-order valence-corrected chi connectivity index (χ1v) is 5.78. The first kappa shape index (κ1) is 10.2. The molecule has 2 nitrogen and oxygen atoms in total. The smallest absolute Gasteiger partial charge is 0.123 e. The van der Waals surface area contributed by atoms with Gasteiger partial charge in [-0.05, 0) is 37.6 Å². The summed E-state index contributed by atoms with van der Waals surface area (Å²) < 4.78 is 0. The molecule has 0 spiro atoms. The summed E-state index contributed by atoms with van der Waals surface area (Å²) in [5.74, 6) is 0.294. The quantitative estimate of drug-likeness (QED) is 0.839. The number of phenols is 1. The fourth-order valence-electron chi connectivity index (χ4n) is 1.48. The van der Waals surface area contributed by atoms with Crippen molar-refractivity contribution >= 4 is 11.3 Å². The molecule has 0 aliphatic carbocycles. The molecule has 0 radical (unpaired) electrons. The second-order valence-electron chi connectivity index (χ2n) is 3.43. The van der Waals surface area contributed by atoms with Crippen molar-refractivity contribution < 1.29 is 5.11 Å². The first-order valence-electron chi connectivity index (χ1n) is 4.96. The van der Waals surface area contributed by atoms with Crippen molar-refractivity contribution in [2.75, 3.05) is 0 Å². The highest BCUT2D eigenvalue weighted by atomic mass is 32.1. The highest BCUT2D eigenvalue weighted by Gasteiger charge is 2.07. The molecule has 1 aromatic heterocycles. The third-order valence-corrected chi connectivity index (χ3v) is 3.68. The molecule has 1 aromatic carbocycles. The minimum absolute atomic E-state index is 0.294. The lowest BCUT2D eigenvalue weighted by atomic mass is 10.2. The number of thiazole rings is 1. The lowest BCUT2D eigenvalue weighted by Crippen LogP contribution is -1.78. The van der Waals surface area contributed by atoms with Gasteiger partial charge in [0.2, 0.25) is 0 Å². The Labute approximate surface area is 93.2 Å². The zero-order valence-corrected chi connectivity index (χ0v) is 9.64. The van der Waals surface area contributed by atoms with Crippen molar-refractivity contribution in [1.82, 2.24) is 4.98 Å². The van der Waals surface area contributed by atoms with E-state index >= 15 is 0 Å². The van der Waals surface area contributed by atoms with Crippen molar-refractivity contribution in [3.8, 4) is 16.3 Å². The number of aromatic nitrogens is 1. The van der Waals surface area contributed by atoms with Crippen LogP contribution in [0.15, 0.2) is 24.3 Å². The van der Waals surface area contributed by atoms with Crippen LogP contribution >= 0.6 is 11.3 Å². The number of hydrogen-bond donors (Lipinski definition) is 1. The van der Waals surface area contributed by atoms with Crippen molar-refractivity contribution in [3.05, 3.63) is 34.8 Å². The molecular formula is C12H13NOS. The molecule has 1 heterocycles. The van der Waals surface area contributed by atoms with Gasteiger partial charge in [-0.3, -0.25) is 0 Å². The van der Waals surface area contributed by atoms with Gasteiger partial charge >= 0.3 is 0 Å². The number of benzene rings is 1. The van der Waals surface area contributed by atoms with Gasteiger partial charge in [-0.25, -0.2) is 4.98 Å². The van der Waals surface area contributed by atoms with Crippen LogP contribution in [0.5, 0.6) is 5.75 Å². The summed E-state index contributed by atoms with van der Waals surface area (Å²) in [6.07, 6.45) is 1.03. The van der Waals surface area contributed by atoms with Crippen LogP contribution in [-0.2, 0) is 6.42 Å². The highest BCUT2D eigenvalue weighted by Crippen LogP contribution is 2.28. The third-order valence-electron chi connectivity index (χ3n) is 2.33. The van der Waals surface area contributed by atoms with Gasteiger partial charge in [0.1, 0.15) is 10.8 Å². The molecule has 1 N–H and O–H groups in total. The van der Waals surface area contributed by atoms with E-state index in [4.69, 9.17) is 0 Å². The van der Waals surface area contributed by atoms with Crippen LogP contribution in [0, 0.1) is 6.92 Å². The molecular weight excluding hydrogens is 206 g/mol. The lowest BCUT2D eigenvalue weighted by Gasteiger charge is -1.95. The lowest BCUT2D eigenvalue weighted by molar-refractivity contribution is 0.475. The van der Waals surface area contributed by atoms with Crippen molar-refractivity contribution in [1.29, 1.82) is 0 Å². The van der Waals surface area contributed by atoms with Crippen molar-refractivity contribution in [2.24, 2.45) is 0 Å². The van der Waals surface area contributed by atoms with Gasteiger partial charge in [-0.2, -0.15) is 0 Å². The molecule has 15 heavy (non-hydrogen) atoms. The molecule has 3 heteroatoms. The minimum Gasteiger partial charge on any atom is -0.508 e. The fourth-order valence-corrected chi connectivity index (χ4v) is 2.49. The zero-order valence-electron chi connectivity index (χ0n) is 8.82. The van der Waals surface area contributed by atoms with Gasteiger partial charge in [0.15, 0.2) is 0 Å². The molecule has 0 aliphatic rings. The maximum Gasteiger partial charge on any atom is 0.123 e. The Morgan fingerprint density at radius 2 is 1.93 bits per heavy atom. The molecule has 78 valence electrons. The van der Waals surface area contributed by atoms with Gasteiger partial charge in [0.25, 0.3) is 0 Å². The molecule has 2 rings (SSSR count). The molecule has 0 unspecified atom stereocenters. The minimum atomic E-state index is 0.294. The van der Waals surface area contributed by atoms with Gasteiger partial charge < -0.3 is 5.11 Å². The Balaban J connectivity index is 2.41. The fraction of sp³-hybridized carbons (Fsp3) is 0.250. The van der Waals surface area contributed by atoms with Crippen LogP contribution in [0.4, 0.5) is 0 Å². The van der Waals surface area contributed by atoms with Crippen LogP contribution in [0.25, 0.3) is 10.6 Å². The standard InChI is InChI=1S/C12H13NOS/c1-3-11-8(2)13-12(15-11)9-4-6-10(14)7-5-9/h4-7,14H,3H2,1-2H3. The second kappa shape index (κ2) is 4.03. The maximum absolute atomic E-state index is 9.19. The predicted octanol–water partition coefficient (Wildman–Crippen LogP) is 3.39. The molecule has 0 aliphatic heterocycles. The monoisotopic (exact) mass is 219 g/mol. The Morgan fingerprint density at radius 3 is 2.47 bits per heavy atom. The van der Waals surface area contributed by atoms with Crippen LogP contribution in [0.1, 0.15) is 17.5 Å². The number of aryl methyl sites for hydroxylation is 2. The van der Waals surface area contributed by atoms with E-state index in [1.807, 2.05) is 19.1 Å². The predicted molar refractivity (Wildman–Crippen MR) is 63.3 cm³/mol. The highest BCUT2D eigenvalue weighted by molar-refractivity contribution is 7.15. The summed E-state index contributed by atoms with van der Waals surface area (Å²) in [5, 5.41) is 10.2. The van der Waals surface area contributed by atoms with E-state index in [0.717, 1.165) is 22.7 Å². The molecule has 0 fully saturated rings. The molecule has 0 saturated heterocycles. The summed E-state index contributed by atoms with van der Waals surface area (Å²) in [6, 6.07) is 7.18. The van der Waals surface area contributed by atoms with Crippen LogP contribution in [0.3, 0.4) is 0 Å². The van der Waals surface area contributed by atoms with Crippen molar-refractivity contribution in [3.63, 3.8) is 0 Å². The summed E-state index contributed by atoms with van der Waals surface area (Å²) in [6.45, 7) is 4.18. The summed E-state index contributed by atoms with van der Waals surface area (Å²) in [7, 11) is 0. The summed E-state index contributed by atoms with van der Waals surface area (Å²) >= 11 is 1.73. The van der Waals surface area contributed by atoms with E-state index in [1.54, 1.807) is 23.5 Å². The second-order valence-corrected chi connectivity index (χ2v) is 4.51. The molecule has 0 saturated carbocycles. The van der Waals surface area contributed by atoms with E-state index in [9.17, 15) is 5.11 Å². The average molecular weight is 219 g/mol. The van der Waals surface area contributed by atoms with Crippen LogP contribution in [-0.4, -0.2) is 10.1 Å². The van der Waals surface area contributed by atoms with Gasteiger partial charge in [-0.15, -0.1) is 11.3 Å². The normalized spacial score (nSPS) is 10.5. The number of phenolic OH excluding ortho intramolecular Hbond substituents is 1. The van der Waals surface area contributed by atoms with E-state index in [1.165, 1.54) is 4.88 Å². The zero-order chi connectivity index (χ0) is 10.8. The Kier molecular flexibility index (Phi) is 2.73. The molecule has 2 aromatic rings. The van der Waals surface area contributed by atoms with Gasteiger partial charge in [0, 0.05) is 10.4 Å². The maximum atomic E-state index is 9.19. The SMILES string of the molecule is CCc1sc(-c2ccc(O)cc2)nc1C. The van der Waals surface area contributed by atoms with Crippen LogP contribution < -0.4 is 0 Å². The third kappa shape index (κ3) is 2.02. The number of aromatic hydroxyl groups is 1. The Bertz CT molecular complexity index is 459. The van der Waals surface area contributed by atoms with E-state index in [2.05, 4.69) is 11.9 Å². The van der Waals surface area contributed by atoms with E-state index in [0.29, 0.717) is 5.75 Å². The van der Waals surface area contributed by atoms with E-state index < -0.39 is 0 Å². The Morgan fingerprint density at radius 1 is 1.27 bits per heavy atom. The van der Waals surface area contributed by atoms with Crippen molar-refractivity contribution in [2.45, 2.75) is 20.3 Å². The molecule has 0 atom stereocenters. The number of rotatable bonds is 2. The topological polar surface area (TPSA) is 33.1 Å². The Hall–Kier alpha value is -1.35. The average Bonchev–Trinajstić information content (AvgIpc) is 2.61. The molecule has 0 amide bonds.